The average molecular weight is 321 g/mol. The van der Waals surface area contributed by atoms with Gasteiger partial charge in [-0.1, -0.05) is 30.3 Å². The van der Waals surface area contributed by atoms with Gasteiger partial charge in [-0.3, -0.25) is 4.79 Å². The summed E-state index contributed by atoms with van der Waals surface area (Å²) in [5.74, 6) is 0.416. The van der Waals surface area contributed by atoms with Gasteiger partial charge < -0.3 is 15.7 Å². The van der Waals surface area contributed by atoms with Crippen LogP contribution in [0.2, 0.25) is 0 Å². The number of nitrogens with two attached hydrogens (primary N) is 1. The zero-order valence-electron chi connectivity index (χ0n) is 11.6. The molecular weight excluding hydrogens is 299 g/mol. The summed E-state index contributed by atoms with van der Waals surface area (Å²) in [6.45, 7) is 1.85. The van der Waals surface area contributed by atoms with Gasteiger partial charge in [0.15, 0.2) is 0 Å². The van der Waals surface area contributed by atoms with Crippen molar-refractivity contribution in [3.63, 3.8) is 0 Å². The number of alkyl halides is 2. The molecule has 4 nitrogen and oxygen atoms in total. The van der Waals surface area contributed by atoms with Crippen LogP contribution in [0.15, 0.2) is 30.3 Å². The van der Waals surface area contributed by atoms with Gasteiger partial charge in [0.05, 0.1) is 0 Å². The molecule has 0 radical (unpaired) electrons. The normalized spacial score (nSPS) is 11.7. The number of hydrogen-bond acceptors (Lipinski definition) is 3. The van der Waals surface area contributed by atoms with Crippen LogP contribution in [0, 0.1) is 0 Å². The van der Waals surface area contributed by atoms with Crippen LogP contribution in [0.3, 0.4) is 0 Å². The Balaban J connectivity index is 0.000000396. The Hall–Kier alpha value is -0.810. The van der Waals surface area contributed by atoms with E-state index in [2.05, 4.69) is 4.90 Å². The van der Waals surface area contributed by atoms with E-state index in [1.165, 1.54) is 0 Å². The molecule has 114 valence electrons. The number of carboxylic acid groups (broad SMARTS) is 1. The van der Waals surface area contributed by atoms with Gasteiger partial charge in [0, 0.05) is 24.8 Å². The van der Waals surface area contributed by atoms with Gasteiger partial charge in [-0.25, -0.2) is 0 Å². The highest BCUT2D eigenvalue weighted by Crippen LogP contribution is 2.01. The van der Waals surface area contributed by atoms with E-state index in [4.69, 9.17) is 34.0 Å². The van der Waals surface area contributed by atoms with Crippen LogP contribution in [-0.4, -0.2) is 53.9 Å². The van der Waals surface area contributed by atoms with Gasteiger partial charge in [0.2, 0.25) is 0 Å². The first kappa shape index (κ1) is 19.2. The Kier molecular flexibility index (Phi) is 11.5. The first-order chi connectivity index (χ1) is 9.51. The molecule has 0 bridgehead atoms. The van der Waals surface area contributed by atoms with E-state index < -0.39 is 12.0 Å². The maximum atomic E-state index is 10.4. The Morgan fingerprint density at radius 2 is 1.75 bits per heavy atom. The summed E-state index contributed by atoms with van der Waals surface area (Å²) in [6, 6.07) is 8.54. The molecule has 0 aliphatic rings. The Morgan fingerprint density at radius 1 is 1.25 bits per heavy atom. The number of halogens is 2. The second-order valence-electron chi connectivity index (χ2n) is 4.32. The number of carboxylic acids is 1. The van der Waals surface area contributed by atoms with Crippen LogP contribution in [0.5, 0.6) is 0 Å². The number of rotatable bonds is 7. The van der Waals surface area contributed by atoms with Crippen LogP contribution < -0.4 is 5.73 Å². The van der Waals surface area contributed by atoms with Crippen LogP contribution in [0.1, 0.15) is 5.56 Å². The summed E-state index contributed by atoms with van der Waals surface area (Å²) >= 11 is 10.9. The first-order valence-electron chi connectivity index (χ1n) is 6.34. The fourth-order valence-electron chi connectivity index (χ4n) is 1.36. The minimum Gasteiger partial charge on any atom is -0.480 e. The third-order valence-corrected chi connectivity index (χ3v) is 2.89. The summed E-state index contributed by atoms with van der Waals surface area (Å²) in [7, 11) is 2.00. The highest BCUT2D eigenvalue weighted by atomic mass is 35.5. The van der Waals surface area contributed by atoms with Crippen molar-refractivity contribution in [3.05, 3.63) is 35.9 Å². The van der Waals surface area contributed by atoms with Gasteiger partial charge in [-0.15, -0.1) is 23.2 Å². The van der Waals surface area contributed by atoms with Crippen LogP contribution in [-0.2, 0) is 11.2 Å². The molecule has 0 fully saturated rings. The van der Waals surface area contributed by atoms with Crippen molar-refractivity contribution in [2.45, 2.75) is 12.5 Å². The minimum atomic E-state index is -0.959. The van der Waals surface area contributed by atoms with E-state index in [1.807, 2.05) is 37.4 Å². The lowest BCUT2D eigenvalue weighted by atomic mass is 10.1. The highest BCUT2D eigenvalue weighted by Gasteiger charge is 2.10. The second kappa shape index (κ2) is 12.0. The van der Waals surface area contributed by atoms with Crippen LogP contribution in [0.25, 0.3) is 0 Å². The van der Waals surface area contributed by atoms with E-state index >= 15 is 0 Å². The van der Waals surface area contributed by atoms with Gasteiger partial charge in [0.1, 0.15) is 6.04 Å². The van der Waals surface area contributed by atoms with E-state index in [0.29, 0.717) is 18.2 Å². The average Bonchev–Trinajstić information content (AvgIpc) is 2.41. The predicted octanol–water partition coefficient (Wildman–Crippen LogP) is 2.04. The summed E-state index contributed by atoms with van der Waals surface area (Å²) in [6.07, 6.45) is 0.385. The highest BCUT2D eigenvalue weighted by molar-refractivity contribution is 6.18. The molecule has 1 atom stereocenters. The molecule has 3 N–H and O–H groups in total. The van der Waals surface area contributed by atoms with Crippen molar-refractivity contribution >= 4 is 29.2 Å². The summed E-state index contributed by atoms with van der Waals surface area (Å²) in [5, 5.41) is 8.52. The number of benzene rings is 1. The molecule has 0 amide bonds. The van der Waals surface area contributed by atoms with E-state index in [-0.39, 0.29) is 0 Å². The largest absolute Gasteiger partial charge is 0.480 e. The van der Waals surface area contributed by atoms with Gasteiger partial charge in [0.25, 0.3) is 0 Å². The lowest BCUT2D eigenvalue weighted by Gasteiger charge is -2.11. The van der Waals surface area contributed by atoms with E-state index in [9.17, 15) is 4.79 Å². The molecule has 0 heterocycles. The molecule has 0 unspecified atom stereocenters. The topological polar surface area (TPSA) is 66.6 Å². The maximum absolute atomic E-state index is 10.4. The monoisotopic (exact) mass is 320 g/mol. The number of nitrogens with zero attached hydrogens (tertiary/aromatic N) is 1. The molecule has 1 aromatic rings. The molecule has 1 aromatic carbocycles. The molecule has 0 saturated carbocycles. The summed E-state index contributed by atoms with van der Waals surface area (Å²) in [5.41, 5.74) is 6.30. The van der Waals surface area contributed by atoms with Gasteiger partial charge in [-0.2, -0.15) is 0 Å². The molecule has 6 heteroatoms. The third-order valence-electron chi connectivity index (χ3n) is 2.55. The SMILES string of the molecule is CN(CCCl)CCCl.N[C@@H](Cc1ccccc1)C(=O)O. The van der Waals surface area contributed by atoms with Crippen molar-refractivity contribution in [1.82, 2.24) is 4.90 Å². The predicted molar refractivity (Wildman–Crippen MR) is 84.7 cm³/mol. The fraction of sp³-hybridized carbons (Fsp3) is 0.500. The summed E-state index contributed by atoms with van der Waals surface area (Å²) < 4.78 is 0. The van der Waals surface area contributed by atoms with Gasteiger partial charge >= 0.3 is 5.97 Å². The number of aliphatic carboxylic acids is 1. The minimum absolute atomic E-state index is 0.385. The standard InChI is InChI=1S/C9H11NO2.C5H11Cl2N/c10-8(9(11)12)6-7-4-2-1-3-5-7;1-8(4-2-6)5-3-7/h1-5,8H,6,10H2,(H,11,12);2-5H2,1H3/t8-;/m0./s1. The fourth-order valence-corrected chi connectivity index (χ4v) is 1.93. The van der Waals surface area contributed by atoms with Crippen LogP contribution in [0.4, 0.5) is 0 Å². The molecule has 0 aliphatic carbocycles. The quantitative estimate of drug-likeness (QED) is 0.754. The third kappa shape index (κ3) is 10.0. The van der Waals surface area contributed by atoms with Crippen molar-refractivity contribution in [2.75, 3.05) is 31.9 Å². The summed E-state index contributed by atoms with van der Waals surface area (Å²) in [4.78, 5) is 12.5. The number of carbonyl (C=O) groups is 1. The Morgan fingerprint density at radius 3 is 2.15 bits per heavy atom. The van der Waals surface area contributed by atoms with Gasteiger partial charge in [-0.05, 0) is 19.0 Å². The lowest BCUT2D eigenvalue weighted by Crippen LogP contribution is -2.32. The van der Waals surface area contributed by atoms with Crippen LogP contribution >= 0.6 is 23.2 Å². The zero-order valence-corrected chi connectivity index (χ0v) is 13.1. The molecule has 20 heavy (non-hydrogen) atoms. The molecule has 0 saturated heterocycles. The van der Waals surface area contributed by atoms with Crippen molar-refractivity contribution in [3.8, 4) is 0 Å². The van der Waals surface area contributed by atoms with Crippen molar-refractivity contribution < 1.29 is 9.90 Å². The molecule has 0 spiro atoms. The molecule has 1 rings (SSSR count). The van der Waals surface area contributed by atoms with Crippen molar-refractivity contribution in [1.29, 1.82) is 0 Å². The Labute approximate surface area is 130 Å². The number of hydrogen-bond donors (Lipinski definition) is 2. The molecule has 0 aromatic heterocycles. The van der Waals surface area contributed by atoms with E-state index in [1.54, 1.807) is 0 Å². The lowest BCUT2D eigenvalue weighted by molar-refractivity contribution is -0.138. The zero-order chi connectivity index (χ0) is 15.4. The molecule has 0 aliphatic heterocycles. The van der Waals surface area contributed by atoms with E-state index in [0.717, 1.165) is 18.7 Å². The maximum Gasteiger partial charge on any atom is 0.320 e. The Bertz CT molecular complexity index is 357. The second-order valence-corrected chi connectivity index (χ2v) is 5.07. The first-order valence-corrected chi connectivity index (χ1v) is 7.41. The smallest absolute Gasteiger partial charge is 0.320 e. The molecular formula is C14H22Cl2N2O2. The van der Waals surface area contributed by atoms with Crippen molar-refractivity contribution in [2.24, 2.45) is 5.73 Å².